The topological polar surface area (TPSA) is 88.9 Å². The van der Waals surface area contributed by atoms with Crippen LogP contribution in [-0.4, -0.2) is 32.6 Å². The van der Waals surface area contributed by atoms with Crippen molar-refractivity contribution in [3.05, 3.63) is 136 Å². The minimum atomic E-state index is -0.953. The number of nitrogens with one attached hydrogen (secondary N) is 2. The quantitative estimate of drug-likeness (QED) is 0.231. The van der Waals surface area contributed by atoms with E-state index in [0.717, 1.165) is 33.4 Å². The van der Waals surface area contributed by atoms with Crippen molar-refractivity contribution in [1.82, 2.24) is 20.1 Å². The smallest absolute Gasteiger partial charge is 0.270 e. The molecule has 8 heteroatoms. The Morgan fingerprint density at radius 1 is 0.854 bits per heavy atom. The number of nitrogens with zero attached hydrogens (tertiary/aromatic N) is 3. The highest BCUT2D eigenvalue weighted by molar-refractivity contribution is 6.33. The molecule has 2 heterocycles. The fraction of sp³-hybridized carbons (Fsp3) is 0.152. The molecule has 0 aliphatic heterocycles. The van der Waals surface area contributed by atoms with Crippen LogP contribution in [0.5, 0.6) is 0 Å². The number of benzene rings is 3. The highest BCUT2D eigenvalue weighted by Gasteiger charge is 2.33. The number of pyridine rings is 1. The first-order valence-electron chi connectivity index (χ1n) is 13.2. The third-order valence-electron chi connectivity index (χ3n) is 7.10. The summed E-state index contributed by atoms with van der Waals surface area (Å²) >= 11 is 6.74. The Balaban J connectivity index is 1.52. The molecule has 1 unspecified atom stereocenters. The Hall–Kier alpha value is -4.75. The molecular weight excluding hydrogens is 534 g/mol. The molecule has 2 N–H and O–H groups in total. The number of anilines is 1. The van der Waals surface area contributed by atoms with Gasteiger partial charge in [0, 0.05) is 42.8 Å². The third kappa shape index (κ3) is 6.05. The summed E-state index contributed by atoms with van der Waals surface area (Å²) in [7, 11) is 1.69. The predicted octanol–water partition coefficient (Wildman–Crippen LogP) is 6.32. The number of halogens is 1. The number of hydrogen-bond donors (Lipinski definition) is 2. The van der Waals surface area contributed by atoms with E-state index >= 15 is 0 Å². The summed E-state index contributed by atoms with van der Waals surface area (Å²) in [4.78, 5) is 31.7. The molecule has 206 valence electrons. The van der Waals surface area contributed by atoms with E-state index < -0.39 is 17.9 Å². The monoisotopic (exact) mass is 563 g/mol. The van der Waals surface area contributed by atoms with Gasteiger partial charge in [0.1, 0.15) is 11.7 Å². The van der Waals surface area contributed by atoms with Gasteiger partial charge in [-0.1, -0.05) is 78.3 Å². The second-order valence-corrected chi connectivity index (χ2v) is 10.3. The summed E-state index contributed by atoms with van der Waals surface area (Å²) in [5, 5.41) is 10.6. The highest BCUT2D eigenvalue weighted by atomic mass is 35.5. The molecular formula is C33H30ClN5O2. The fourth-order valence-corrected chi connectivity index (χ4v) is 5.43. The molecule has 5 rings (SSSR count). The van der Waals surface area contributed by atoms with Gasteiger partial charge in [-0.05, 0) is 59.9 Å². The zero-order valence-corrected chi connectivity index (χ0v) is 23.8. The first-order chi connectivity index (χ1) is 19.8. The van der Waals surface area contributed by atoms with E-state index in [1.165, 1.54) is 4.68 Å². The number of carbonyl (C=O) groups is 2. The second-order valence-electron chi connectivity index (χ2n) is 9.92. The minimum Gasteiger partial charge on any atom is -0.338 e. The first kappa shape index (κ1) is 27.8. The number of hydrogen-bond acceptors (Lipinski definition) is 4. The molecule has 0 fully saturated rings. The molecule has 0 saturated heterocycles. The number of carbonyl (C=O) groups excluding carboxylic acids is 2. The molecule has 1 atom stereocenters. The van der Waals surface area contributed by atoms with E-state index in [2.05, 4.69) is 20.7 Å². The van der Waals surface area contributed by atoms with E-state index in [4.69, 9.17) is 11.6 Å². The molecule has 0 spiro atoms. The molecule has 0 bridgehead atoms. The Kier molecular flexibility index (Phi) is 8.26. The molecule has 2 amide bonds. The van der Waals surface area contributed by atoms with Crippen LogP contribution in [0.3, 0.4) is 0 Å². The lowest BCUT2D eigenvalue weighted by atomic mass is 9.84. The first-order valence-corrected chi connectivity index (χ1v) is 13.6. The van der Waals surface area contributed by atoms with Crippen LogP contribution in [0.2, 0.25) is 5.02 Å². The zero-order valence-electron chi connectivity index (χ0n) is 23.0. The molecule has 5 aromatic rings. The lowest BCUT2D eigenvalue weighted by Gasteiger charge is -2.28. The second kappa shape index (κ2) is 12.2. The van der Waals surface area contributed by atoms with Gasteiger partial charge in [0.15, 0.2) is 0 Å². The maximum Gasteiger partial charge on any atom is 0.270 e. The summed E-state index contributed by atoms with van der Waals surface area (Å²) in [6.45, 7) is 3.98. The molecule has 0 saturated carbocycles. The maximum atomic E-state index is 14.1. The Bertz CT molecular complexity index is 1630. The largest absolute Gasteiger partial charge is 0.338 e. The molecule has 41 heavy (non-hydrogen) atoms. The van der Waals surface area contributed by atoms with Crippen LogP contribution in [0, 0.1) is 13.8 Å². The Labute approximate surface area is 244 Å². The van der Waals surface area contributed by atoms with Crippen molar-refractivity contribution in [3.63, 3.8) is 0 Å². The molecule has 3 aromatic carbocycles. The zero-order chi connectivity index (χ0) is 28.9. The van der Waals surface area contributed by atoms with Crippen molar-refractivity contribution in [1.29, 1.82) is 0 Å². The van der Waals surface area contributed by atoms with E-state index in [9.17, 15) is 9.59 Å². The molecule has 7 nitrogen and oxygen atoms in total. The van der Waals surface area contributed by atoms with E-state index in [1.807, 2.05) is 86.6 Å². The standard InChI is InChI=1S/C33H30ClN5O2/c1-21-19-35-20-22(2)29(21)26-15-14-25(18-27(26)34)37-33(41)31(38-32(40)28-16-17-36-39(28)3)30(23-10-6-4-7-11-23)24-12-8-5-9-13-24/h4-20,30-31H,1-3H3,(H,37,41)(H,38,40). The van der Waals surface area contributed by atoms with Crippen LogP contribution < -0.4 is 10.6 Å². The summed E-state index contributed by atoms with van der Waals surface area (Å²) in [6, 6.07) is 25.5. The summed E-state index contributed by atoms with van der Waals surface area (Å²) in [5.74, 6) is -1.25. The SMILES string of the molecule is Cc1cncc(C)c1-c1ccc(NC(=O)C(NC(=O)c2ccnn2C)C(c2ccccc2)c2ccccc2)cc1Cl. The van der Waals surface area contributed by atoms with Crippen molar-refractivity contribution in [2.75, 3.05) is 5.32 Å². The molecule has 0 aliphatic rings. The molecule has 2 aromatic heterocycles. The minimum absolute atomic E-state index is 0.346. The third-order valence-corrected chi connectivity index (χ3v) is 7.42. The summed E-state index contributed by atoms with van der Waals surface area (Å²) < 4.78 is 1.48. The van der Waals surface area contributed by atoms with Crippen LogP contribution in [-0.2, 0) is 11.8 Å². The number of aromatic nitrogens is 3. The number of aryl methyl sites for hydroxylation is 3. The van der Waals surface area contributed by atoms with Gasteiger partial charge in [-0.2, -0.15) is 5.10 Å². The van der Waals surface area contributed by atoms with Gasteiger partial charge in [0.05, 0.1) is 5.02 Å². The van der Waals surface area contributed by atoms with Crippen LogP contribution in [0.1, 0.15) is 38.7 Å². The summed E-state index contributed by atoms with van der Waals surface area (Å²) in [6.07, 6.45) is 5.15. The van der Waals surface area contributed by atoms with Crippen molar-refractivity contribution in [2.45, 2.75) is 25.8 Å². The maximum absolute atomic E-state index is 14.1. The molecule has 0 radical (unpaired) electrons. The number of rotatable bonds is 8. The van der Waals surface area contributed by atoms with Crippen molar-refractivity contribution in [2.24, 2.45) is 7.05 Å². The van der Waals surface area contributed by atoms with Crippen molar-refractivity contribution >= 4 is 29.1 Å². The van der Waals surface area contributed by atoms with Crippen LogP contribution >= 0.6 is 11.6 Å². The number of amides is 2. The van der Waals surface area contributed by atoms with Crippen molar-refractivity contribution in [3.8, 4) is 11.1 Å². The lowest BCUT2D eigenvalue weighted by molar-refractivity contribution is -0.118. The fourth-order valence-electron chi connectivity index (χ4n) is 5.15. The van der Waals surface area contributed by atoms with Crippen molar-refractivity contribution < 1.29 is 9.59 Å². The normalized spacial score (nSPS) is 11.7. The lowest BCUT2D eigenvalue weighted by Crippen LogP contribution is -2.48. The van der Waals surface area contributed by atoms with E-state index in [1.54, 1.807) is 37.8 Å². The van der Waals surface area contributed by atoms with Gasteiger partial charge in [-0.15, -0.1) is 0 Å². The Morgan fingerprint density at radius 2 is 1.46 bits per heavy atom. The van der Waals surface area contributed by atoms with Crippen LogP contribution in [0.15, 0.2) is 104 Å². The van der Waals surface area contributed by atoms with E-state index in [-0.39, 0.29) is 5.91 Å². The predicted molar refractivity (Wildman–Crippen MR) is 162 cm³/mol. The van der Waals surface area contributed by atoms with Crippen LogP contribution in [0.4, 0.5) is 5.69 Å². The van der Waals surface area contributed by atoms with E-state index in [0.29, 0.717) is 16.4 Å². The Morgan fingerprint density at radius 3 is 2.00 bits per heavy atom. The van der Waals surface area contributed by atoms with Gasteiger partial charge >= 0.3 is 0 Å². The van der Waals surface area contributed by atoms with Crippen LogP contribution in [0.25, 0.3) is 11.1 Å². The molecule has 0 aliphatic carbocycles. The van der Waals surface area contributed by atoms with Gasteiger partial charge in [-0.25, -0.2) is 0 Å². The average Bonchev–Trinajstić information content (AvgIpc) is 3.40. The average molecular weight is 564 g/mol. The van der Waals surface area contributed by atoms with Gasteiger partial charge in [0.25, 0.3) is 5.91 Å². The van der Waals surface area contributed by atoms with Gasteiger partial charge in [0.2, 0.25) is 5.91 Å². The van der Waals surface area contributed by atoms with Gasteiger partial charge < -0.3 is 10.6 Å². The van der Waals surface area contributed by atoms with Gasteiger partial charge in [-0.3, -0.25) is 19.3 Å². The highest BCUT2D eigenvalue weighted by Crippen LogP contribution is 2.35. The summed E-state index contributed by atoms with van der Waals surface area (Å²) in [5.41, 5.74) is 6.53.